The number of quaternary nitrogens is 1. The second-order valence-corrected chi connectivity index (χ2v) is 8.40. The number of hydrogen-bond acceptors (Lipinski definition) is 4. The molecule has 3 rings (SSSR count). The van der Waals surface area contributed by atoms with Crippen molar-refractivity contribution in [3.8, 4) is 0 Å². The lowest BCUT2D eigenvalue weighted by Gasteiger charge is -2.14. The molecule has 0 radical (unpaired) electrons. The Hall–Kier alpha value is 0.890. The van der Waals surface area contributed by atoms with Crippen molar-refractivity contribution in [2.45, 2.75) is 17.3 Å². The molecule has 4 nitrogen and oxygen atoms in total. The third kappa shape index (κ3) is 2.11. The van der Waals surface area contributed by atoms with E-state index in [1.165, 1.54) is 4.90 Å². The highest BCUT2D eigenvalue weighted by Crippen LogP contribution is 2.26. The molecule has 2 saturated heterocycles. The number of rotatable bonds is 1. The molecule has 0 aromatic rings. The number of nitrogens with zero attached hydrogens (tertiary/aromatic N) is 1. The van der Waals surface area contributed by atoms with Gasteiger partial charge in [-0.1, -0.05) is 15.9 Å². The van der Waals surface area contributed by atoms with Gasteiger partial charge in [0.1, 0.15) is 17.8 Å². The molecule has 1 N–H and O–H groups in total. The zero-order chi connectivity index (χ0) is 10.6. The maximum Gasteiger partial charge on any atom is 0.258 e. The highest BCUT2D eigenvalue weighted by molar-refractivity contribution is 9.09. The summed E-state index contributed by atoms with van der Waals surface area (Å²) in [5, 5.41) is 2.66. The summed E-state index contributed by atoms with van der Waals surface area (Å²) in [6.07, 6.45) is 0. The molecule has 3 aliphatic rings. The zero-order valence-electron chi connectivity index (χ0n) is 8.40. The van der Waals surface area contributed by atoms with Crippen molar-refractivity contribution in [1.29, 1.82) is 0 Å². The summed E-state index contributed by atoms with van der Waals surface area (Å²) in [5.74, 6) is 0.597. The van der Waals surface area contributed by atoms with E-state index in [1.54, 1.807) is 0 Å². The Balaban J connectivity index is 0.000000963. The molecule has 0 spiro atoms. The van der Waals surface area contributed by atoms with E-state index in [2.05, 4.69) is 20.9 Å². The number of halogens is 2. The number of aliphatic imine (C=N–C) groups is 1. The molecular weight excluding hydrogens is 380 g/mol. The summed E-state index contributed by atoms with van der Waals surface area (Å²) in [5.41, 5.74) is 0. The van der Waals surface area contributed by atoms with Gasteiger partial charge in [-0.3, -0.25) is 4.90 Å². The smallest absolute Gasteiger partial charge is 0.258 e. The largest absolute Gasteiger partial charge is 1.00 e. The van der Waals surface area contributed by atoms with Crippen LogP contribution in [0, 0.1) is 0 Å². The quantitative estimate of drug-likeness (QED) is 0.462. The van der Waals surface area contributed by atoms with Crippen molar-refractivity contribution in [1.82, 2.24) is 0 Å². The standard InChI is InChI=1S/C8H11BrN2O2S2.BrH/c9-1-5-2-11-7-4-15(12,13)3-6(7)10-8(11)14-5;/h5-7H,1-4H2;1H/t5?,6-,7+;/m1./s1. The average Bonchev–Trinajstić information content (AvgIpc) is 2.72. The van der Waals surface area contributed by atoms with Gasteiger partial charge < -0.3 is 17.0 Å². The average molecular weight is 392 g/mol. The van der Waals surface area contributed by atoms with Crippen LogP contribution >= 0.6 is 27.7 Å². The number of amidine groups is 1. The number of sulfone groups is 1. The van der Waals surface area contributed by atoms with Crippen LogP contribution in [0.4, 0.5) is 0 Å². The van der Waals surface area contributed by atoms with Crippen molar-refractivity contribution in [3.63, 3.8) is 0 Å². The van der Waals surface area contributed by atoms with Crippen LogP contribution in [0.1, 0.15) is 0 Å². The van der Waals surface area contributed by atoms with Crippen LogP contribution in [0.15, 0.2) is 4.99 Å². The van der Waals surface area contributed by atoms with Crippen molar-refractivity contribution < 1.29 is 30.3 Å². The highest BCUT2D eigenvalue weighted by atomic mass is 79.9. The predicted octanol–water partition coefficient (Wildman–Crippen LogP) is -4.08. The first-order chi connectivity index (χ1) is 7.09. The van der Waals surface area contributed by atoms with Gasteiger partial charge in [-0.15, -0.1) is 0 Å². The third-order valence-electron chi connectivity index (χ3n) is 3.23. The van der Waals surface area contributed by atoms with E-state index in [0.29, 0.717) is 11.0 Å². The molecule has 2 fully saturated rings. The number of nitrogens with one attached hydrogen (secondary N) is 1. The van der Waals surface area contributed by atoms with Gasteiger partial charge in [-0.2, -0.15) is 0 Å². The lowest BCUT2D eigenvalue weighted by Crippen LogP contribution is -3.16. The lowest BCUT2D eigenvalue weighted by molar-refractivity contribution is -0.817. The molecule has 0 bridgehead atoms. The summed E-state index contributed by atoms with van der Waals surface area (Å²) in [6, 6.07) is 0.255. The summed E-state index contributed by atoms with van der Waals surface area (Å²) in [7, 11) is -2.82. The van der Waals surface area contributed by atoms with Crippen LogP contribution in [0.3, 0.4) is 0 Å². The molecule has 0 amide bonds. The fourth-order valence-electron chi connectivity index (χ4n) is 2.56. The van der Waals surface area contributed by atoms with Gasteiger partial charge in [0.05, 0.1) is 17.5 Å². The second kappa shape index (κ2) is 4.53. The normalized spacial score (nSPS) is 43.4. The molecule has 0 aliphatic carbocycles. The first-order valence-corrected chi connectivity index (χ1v) is 8.78. The van der Waals surface area contributed by atoms with E-state index in [1.807, 2.05) is 11.8 Å². The summed E-state index contributed by atoms with van der Waals surface area (Å²) < 4.78 is 23.0. The fraction of sp³-hybridized carbons (Fsp3) is 0.875. The summed E-state index contributed by atoms with van der Waals surface area (Å²) >= 11 is 5.28. The number of alkyl halides is 1. The molecule has 92 valence electrons. The monoisotopic (exact) mass is 390 g/mol. The first kappa shape index (κ1) is 13.3. The SMILES string of the molecule is O=S1(=O)C[C@H]2N=C3SC(CBr)C[NH+]3[C@H]2C1.[Br-]. The van der Waals surface area contributed by atoms with Gasteiger partial charge in [0.25, 0.3) is 5.17 Å². The fourth-order valence-corrected chi connectivity index (χ4v) is 6.34. The maximum absolute atomic E-state index is 11.5. The van der Waals surface area contributed by atoms with Gasteiger partial charge in [0, 0.05) is 5.33 Å². The van der Waals surface area contributed by atoms with Crippen LogP contribution in [-0.2, 0) is 9.84 Å². The van der Waals surface area contributed by atoms with E-state index in [9.17, 15) is 8.42 Å². The Morgan fingerprint density at radius 2 is 2.25 bits per heavy atom. The minimum absolute atomic E-state index is 0. The van der Waals surface area contributed by atoms with Crippen molar-refractivity contribution >= 4 is 42.7 Å². The molecule has 4 atom stereocenters. The first-order valence-electron chi connectivity index (χ1n) is 4.96. The van der Waals surface area contributed by atoms with Gasteiger partial charge in [0.15, 0.2) is 9.84 Å². The maximum atomic E-state index is 11.5. The molecule has 0 aromatic carbocycles. The van der Waals surface area contributed by atoms with Crippen LogP contribution < -0.4 is 21.9 Å². The van der Waals surface area contributed by atoms with Gasteiger partial charge >= 0.3 is 0 Å². The Morgan fingerprint density at radius 3 is 2.94 bits per heavy atom. The molecule has 16 heavy (non-hydrogen) atoms. The number of hydrogen-bond donors (Lipinski definition) is 1. The Labute approximate surface area is 118 Å². The Morgan fingerprint density at radius 1 is 1.50 bits per heavy atom. The molecule has 0 aromatic heterocycles. The van der Waals surface area contributed by atoms with Crippen LogP contribution in [0.5, 0.6) is 0 Å². The zero-order valence-corrected chi connectivity index (χ0v) is 13.2. The van der Waals surface area contributed by atoms with E-state index < -0.39 is 9.84 Å². The van der Waals surface area contributed by atoms with Gasteiger partial charge in [-0.25, -0.2) is 13.4 Å². The molecule has 2 unspecified atom stereocenters. The summed E-state index contributed by atoms with van der Waals surface area (Å²) in [6.45, 7) is 1.02. The van der Waals surface area contributed by atoms with E-state index in [4.69, 9.17) is 0 Å². The van der Waals surface area contributed by atoms with Gasteiger partial charge in [-0.05, 0) is 11.8 Å². The minimum Gasteiger partial charge on any atom is -1.00 e. The van der Waals surface area contributed by atoms with Crippen molar-refractivity contribution in [2.24, 2.45) is 4.99 Å². The van der Waals surface area contributed by atoms with E-state index in [-0.39, 0.29) is 34.8 Å². The molecule has 3 aliphatic heterocycles. The molecule has 3 heterocycles. The predicted molar refractivity (Wildman–Crippen MR) is 64.7 cm³/mol. The highest BCUT2D eigenvalue weighted by Gasteiger charge is 2.54. The lowest BCUT2D eigenvalue weighted by atomic mass is 10.2. The third-order valence-corrected chi connectivity index (χ3v) is 7.41. The van der Waals surface area contributed by atoms with Crippen LogP contribution in [0.2, 0.25) is 0 Å². The number of fused-ring (bicyclic) bond motifs is 3. The Kier molecular flexibility index (Phi) is 3.77. The van der Waals surface area contributed by atoms with Crippen LogP contribution in [-0.4, -0.2) is 54.3 Å². The Bertz CT molecular complexity index is 426. The number of thioether (sulfide) groups is 1. The molecule has 0 saturated carbocycles. The summed E-state index contributed by atoms with van der Waals surface area (Å²) in [4.78, 5) is 5.86. The minimum atomic E-state index is -2.82. The molecular formula is C8H12Br2N2O2S2. The van der Waals surface area contributed by atoms with E-state index >= 15 is 0 Å². The second-order valence-electron chi connectivity index (χ2n) is 4.31. The molecule has 8 heteroatoms. The van der Waals surface area contributed by atoms with Crippen molar-refractivity contribution in [3.05, 3.63) is 0 Å². The van der Waals surface area contributed by atoms with Gasteiger partial charge in [0.2, 0.25) is 0 Å². The van der Waals surface area contributed by atoms with E-state index in [0.717, 1.165) is 17.0 Å². The van der Waals surface area contributed by atoms with Crippen molar-refractivity contribution in [2.75, 3.05) is 23.4 Å². The van der Waals surface area contributed by atoms with Crippen LogP contribution in [0.25, 0.3) is 0 Å². The topological polar surface area (TPSA) is 50.9 Å².